The second kappa shape index (κ2) is 7.01. The maximum absolute atomic E-state index is 13.5. The van der Waals surface area contributed by atoms with Gasteiger partial charge in [-0.2, -0.15) is 0 Å². The van der Waals surface area contributed by atoms with E-state index in [4.69, 9.17) is 5.73 Å². The Bertz CT molecular complexity index is 1300. The molecular weight excluding hydrogens is 428 g/mol. The molecule has 1 heterocycles. The third-order valence-electron chi connectivity index (χ3n) is 6.95. The maximum Gasteiger partial charge on any atom is 0.255 e. The minimum Gasteiger partial charge on any atom is -0.511 e. The van der Waals surface area contributed by atoms with Crippen molar-refractivity contribution in [2.45, 2.75) is 24.4 Å². The molecule has 9 heteroatoms. The lowest BCUT2D eigenvalue weighted by Crippen LogP contribution is -2.57. The summed E-state index contributed by atoms with van der Waals surface area (Å²) in [5.41, 5.74) is 2.61. The van der Waals surface area contributed by atoms with Crippen molar-refractivity contribution < 1.29 is 34.8 Å². The third kappa shape index (κ3) is 2.69. The summed E-state index contributed by atoms with van der Waals surface area (Å²) >= 11 is 0. The SMILES string of the molecule is NC(=O)C1=C(O)C[C@@H]2CC3C(=C(O)[C@]2(O)C1=O)C(=O)c1c(O)cccc1[C@@H]3c1ccccn1. The largest absolute Gasteiger partial charge is 0.511 e. The second-order valence-electron chi connectivity index (χ2n) is 8.59. The predicted octanol–water partition coefficient (Wildman–Crippen LogP) is 1.56. The molecule has 1 aromatic heterocycles. The van der Waals surface area contributed by atoms with Crippen molar-refractivity contribution in [3.8, 4) is 5.75 Å². The van der Waals surface area contributed by atoms with Gasteiger partial charge in [-0.1, -0.05) is 18.2 Å². The number of aromatic hydroxyl groups is 1. The van der Waals surface area contributed by atoms with Crippen LogP contribution < -0.4 is 5.73 Å². The van der Waals surface area contributed by atoms with Gasteiger partial charge in [0.2, 0.25) is 5.78 Å². The maximum atomic E-state index is 13.5. The molecule has 2 aromatic rings. The topological polar surface area (TPSA) is 171 Å². The molecule has 0 fully saturated rings. The molecule has 3 aliphatic carbocycles. The zero-order chi connectivity index (χ0) is 23.7. The van der Waals surface area contributed by atoms with E-state index in [0.717, 1.165) is 0 Å². The Balaban J connectivity index is 1.78. The average Bonchev–Trinajstić information content (AvgIpc) is 2.77. The van der Waals surface area contributed by atoms with E-state index in [1.54, 1.807) is 36.5 Å². The number of Topliss-reactive ketones (excluding diaryl/α,β-unsaturated/α-hetero) is 2. The number of hydrogen-bond acceptors (Lipinski definition) is 8. The van der Waals surface area contributed by atoms with Crippen molar-refractivity contribution in [3.63, 3.8) is 0 Å². The molecule has 3 aliphatic rings. The molecular formula is C24H20N2O7. The fourth-order valence-electron chi connectivity index (χ4n) is 5.52. The summed E-state index contributed by atoms with van der Waals surface area (Å²) < 4.78 is 0. The van der Waals surface area contributed by atoms with E-state index in [1.807, 2.05) is 0 Å². The molecule has 1 unspecified atom stereocenters. The number of primary amides is 1. The highest BCUT2D eigenvalue weighted by Crippen LogP contribution is 2.56. The van der Waals surface area contributed by atoms with E-state index in [1.165, 1.54) is 6.07 Å². The lowest BCUT2D eigenvalue weighted by Gasteiger charge is -2.47. The monoisotopic (exact) mass is 448 g/mol. The molecule has 0 radical (unpaired) electrons. The standard InChI is InChI=1S/C24H20N2O7/c25-23(32)19-15(28)9-10-8-12-16(13-5-1-2-7-26-13)11-4-3-6-14(27)17(11)20(29)18(12)21(30)24(10,33)22(19)31/h1-7,10,12,16,27-28,30,33H,8-9H2,(H2,25,32)/t10-,12?,16-,24-/m0/s1. The molecule has 4 atom stereocenters. The van der Waals surface area contributed by atoms with Gasteiger partial charge in [-0.15, -0.1) is 0 Å². The van der Waals surface area contributed by atoms with E-state index >= 15 is 0 Å². The first-order valence-corrected chi connectivity index (χ1v) is 10.4. The van der Waals surface area contributed by atoms with E-state index in [2.05, 4.69) is 4.98 Å². The number of amides is 1. The molecule has 1 amide bonds. The second-order valence-corrected chi connectivity index (χ2v) is 8.59. The lowest BCUT2D eigenvalue weighted by atomic mass is 9.57. The van der Waals surface area contributed by atoms with Crippen LogP contribution in [0.1, 0.15) is 40.4 Å². The molecule has 0 saturated carbocycles. The minimum absolute atomic E-state index is 0.0276. The number of hydrogen-bond donors (Lipinski definition) is 5. The van der Waals surface area contributed by atoms with Crippen molar-refractivity contribution >= 4 is 17.5 Å². The summed E-state index contributed by atoms with van der Waals surface area (Å²) in [6, 6.07) is 9.86. The Morgan fingerprint density at radius 2 is 1.85 bits per heavy atom. The predicted molar refractivity (Wildman–Crippen MR) is 113 cm³/mol. The number of rotatable bonds is 2. The van der Waals surface area contributed by atoms with Crippen LogP contribution in [0.2, 0.25) is 0 Å². The zero-order valence-corrected chi connectivity index (χ0v) is 17.2. The molecule has 0 spiro atoms. The number of benzene rings is 1. The number of aromatic nitrogens is 1. The summed E-state index contributed by atoms with van der Waals surface area (Å²) in [6.07, 6.45) is 1.32. The molecule has 9 nitrogen and oxygen atoms in total. The van der Waals surface area contributed by atoms with Crippen molar-refractivity contribution in [2.75, 3.05) is 0 Å². The first kappa shape index (κ1) is 20.9. The Kier molecular flexibility index (Phi) is 4.44. The fraction of sp³-hybridized carbons (Fsp3) is 0.250. The van der Waals surface area contributed by atoms with Crippen LogP contribution in [0.4, 0.5) is 0 Å². The Morgan fingerprint density at radius 3 is 2.52 bits per heavy atom. The normalized spacial score (nSPS) is 28.8. The summed E-state index contributed by atoms with van der Waals surface area (Å²) in [6.45, 7) is 0. The quantitative estimate of drug-likeness (QED) is 0.431. The third-order valence-corrected chi connectivity index (χ3v) is 6.95. The van der Waals surface area contributed by atoms with E-state index in [9.17, 15) is 34.8 Å². The molecule has 6 N–H and O–H groups in total. The van der Waals surface area contributed by atoms with Crippen LogP contribution in [-0.2, 0) is 9.59 Å². The number of carbonyl (C=O) groups is 3. The zero-order valence-electron chi connectivity index (χ0n) is 17.2. The average molecular weight is 448 g/mol. The highest BCUT2D eigenvalue weighted by atomic mass is 16.3. The van der Waals surface area contributed by atoms with Gasteiger partial charge in [0.05, 0.1) is 5.56 Å². The highest BCUT2D eigenvalue weighted by molar-refractivity contribution is 6.24. The number of aliphatic hydroxyl groups excluding tert-OH is 2. The lowest BCUT2D eigenvalue weighted by molar-refractivity contribution is -0.144. The van der Waals surface area contributed by atoms with Crippen molar-refractivity contribution in [3.05, 3.63) is 82.1 Å². The van der Waals surface area contributed by atoms with E-state index < -0.39 is 57.9 Å². The van der Waals surface area contributed by atoms with Gasteiger partial charge < -0.3 is 26.2 Å². The van der Waals surface area contributed by atoms with Crippen LogP contribution in [0.3, 0.4) is 0 Å². The molecule has 5 rings (SSSR count). The molecule has 0 aliphatic heterocycles. The number of phenols is 1. The van der Waals surface area contributed by atoms with Crippen LogP contribution in [0.15, 0.2) is 65.3 Å². The van der Waals surface area contributed by atoms with Gasteiger partial charge in [0, 0.05) is 41.6 Å². The van der Waals surface area contributed by atoms with Crippen molar-refractivity contribution in [1.29, 1.82) is 0 Å². The van der Waals surface area contributed by atoms with Gasteiger partial charge in [0.1, 0.15) is 22.8 Å². The number of allylic oxidation sites excluding steroid dienone is 2. The first-order valence-electron chi connectivity index (χ1n) is 10.4. The van der Waals surface area contributed by atoms with Gasteiger partial charge >= 0.3 is 0 Å². The number of nitrogens with zero attached hydrogens (tertiary/aromatic N) is 1. The van der Waals surface area contributed by atoms with Gasteiger partial charge in [-0.3, -0.25) is 19.4 Å². The number of fused-ring (bicyclic) bond motifs is 3. The smallest absolute Gasteiger partial charge is 0.255 e. The first-order chi connectivity index (χ1) is 15.7. The number of aliphatic hydroxyl groups is 3. The van der Waals surface area contributed by atoms with Gasteiger partial charge in [-0.05, 0) is 30.2 Å². The van der Waals surface area contributed by atoms with Crippen molar-refractivity contribution in [1.82, 2.24) is 4.98 Å². The van der Waals surface area contributed by atoms with Crippen molar-refractivity contribution in [2.24, 2.45) is 17.6 Å². The summed E-state index contributed by atoms with van der Waals surface area (Å²) in [7, 11) is 0. The highest BCUT2D eigenvalue weighted by Gasteiger charge is 2.61. The van der Waals surface area contributed by atoms with Crippen LogP contribution in [-0.4, -0.2) is 48.5 Å². The number of carbonyl (C=O) groups excluding carboxylic acids is 3. The molecule has 33 heavy (non-hydrogen) atoms. The number of pyridine rings is 1. The van der Waals surface area contributed by atoms with Crippen LogP contribution in [0.5, 0.6) is 5.75 Å². The van der Waals surface area contributed by atoms with Crippen LogP contribution in [0, 0.1) is 11.8 Å². The Labute approximate surface area is 187 Å². The van der Waals surface area contributed by atoms with Gasteiger partial charge in [0.15, 0.2) is 11.4 Å². The van der Waals surface area contributed by atoms with Crippen LogP contribution >= 0.6 is 0 Å². The number of ketones is 2. The molecule has 168 valence electrons. The van der Waals surface area contributed by atoms with Crippen LogP contribution in [0.25, 0.3) is 0 Å². The number of phenolic OH excluding ortho intramolecular Hbond substituents is 1. The Morgan fingerprint density at radius 1 is 1.09 bits per heavy atom. The van der Waals surface area contributed by atoms with Gasteiger partial charge in [-0.25, -0.2) is 0 Å². The van der Waals surface area contributed by atoms with E-state index in [-0.39, 0.29) is 29.7 Å². The molecule has 0 bridgehead atoms. The summed E-state index contributed by atoms with van der Waals surface area (Å²) in [5, 5.41) is 43.4. The molecule has 1 aromatic carbocycles. The summed E-state index contributed by atoms with van der Waals surface area (Å²) in [5.74, 6) is -7.28. The van der Waals surface area contributed by atoms with Gasteiger partial charge in [0.25, 0.3) is 5.91 Å². The summed E-state index contributed by atoms with van der Waals surface area (Å²) in [4.78, 5) is 42.7. The Hall–Kier alpha value is -3.98. The number of nitrogens with two attached hydrogens (primary N) is 1. The fourth-order valence-corrected chi connectivity index (χ4v) is 5.52. The minimum atomic E-state index is -2.60. The molecule has 0 saturated heterocycles. The van der Waals surface area contributed by atoms with E-state index in [0.29, 0.717) is 11.3 Å².